The zero-order valence-corrected chi connectivity index (χ0v) is 10.4. The first kappa shape index (κ1) is 11.7. The number of amides is 1. The van der Waals surface area contributed by atoms with Crippen LogP contribution in [0.15, 0.2) is 54.6 Å². The van der Waals surface area contributed by atoms with E-state index in [0.29, 0.717) is 0 Å². The Morgan fingerprint density at radius 1 is 0.941 bits per heavy atom. The molecule has 2 aromatic rings. The van der Waals surface area contributed by atoms with E-state index in [2.05, 4.69) is 24.8 Å². The molecule has 0 aromatic heterocycles. The van der Waals surface area contributed by atoms with E-state index in [1.54, 1.807) is 7.05 Å². The summed E-state index contributed by atoms with van der Waals surface area (Å²) in [6, 6.07) is 17.9. The van der Waals surface area contributed by atoms with Gasteiger partial charge in [-0.1, -0.05) is 55.1 Å². The quantitative estimate of drug-likeness (QED) is 0.795. The fraction of sp³-hybridized carbons (Fsp3) is 0.0714. The third kappa shape index (κ3) is 2.68. The predicted octanol–water partition coefficient (Wildman–Crippen LogP) is 3.84. The summed E-state index contributed by atoms with van der Waals surface area (Å²) in [6.45, 7) is 0. The lowest BCUT2D eigenvalue weighted by Gasteiger charge is -2.14. The van der Waals surface area contributed by atoms with Crippen LogP contribution in [-0.2, 0) is 0 Å². The molecule has 0 atom stereocenters. The highest BCUT2D eigenvalue weighted by molar-refractivity contribution is 7.96. The van der Waals surface area contributed by atoms with Crippen LogP contribution in [0, 0.1) is 0 Å². The van der Waals surface area contributed by atoms with Crippen molar-refractivity contribution in [2.45, 2.75) is 0 Å². The van der Waals surface area contributed by atoms with E-state index < -0.39 is 0 Å². The van der Waals surface area contributed by atoms with Gasteiger partial charge in [-0.15, -0.1) is 0 Å². The van der Waals surface area contributed by atoms with E-state index in [4.69, 9.17) is 0 Å². The molecule has 0 saturated heterocycles. The van der Waals surface area contributed by atoms with E-state index in [0.717, 1.165) is 11.3 Å². The van der Waals surface area contributed by atoms with Crippen molar-refractivity contribution in [1.29, 1.82) is 0 Å². The molecule has 0 fully saturated rings. The topological polar surface area (TPSA) is 20.3 Å². The van der Waals surface area contributed by atoms with Crippen LogP contribution in [0.3, 0.4) is 0 Å². The number of hydrogen-bond donors (Lipinski definition) is 1. The summed E-state index contributed by atoms with van der Waals surface area (Å²) in [5.74, 6) is 0. The lowest BCUT2D eigenvalue weighted by molar-refractivity contribution is 0.266. The minimum atomic E-state index is -0.266. The van der Waals surface area contributed by atoms with Crippen molar-refractivity contribution in [2.75, 3.05) is 11.9 Å². The van der Waals surface area contributed by atoms with Crippen molar-refractivity contribution in [2.24, 2.45) is 0 Å². The molecule has 0 spiro atoms. The van der Waals surface area contributed by atoms with Crippen molar-refractivity contribution in [1.82, 2.24) is 0 Å². The largest absolute Gasteiger partial charge is 0.307 e. The van der Waals surface area contributed by atoms with Gasteiger partial charge in [-0.25, -0.2) is 0 Å². The molecule has 2 aromatic carbocycles. The molecule has 17 heavy (non-hydrogen) atoms. The number of rotatable bonds is 2. The Morgan fingerprint density at radius 3 is 2.00 bits per heavy atom. The highest BCUT2D eigenvalue weighted by Gasteiger charge is 2.05. The number of thiol groups is 1. The first-order valence-electron chi connectivity index (χ1n) is 5.30. The van der Waals surface area contributed by atoms with Gasteiger partial charge in [-0.2, -0.15) is 0 Å². The minimum absolute atomic E-state index is 0.266. The number of hydrogen-bond acceptors (Lipinski definition) is 1. The second-order valence-corrected chi connectivity index (χ2v) is 4.14. The number of benzene rings is 2. The van der Waals surface area contributed by atoms with Crippen molar-refractivity contribution >= 4 is 23.6 Å². The van der Waals surface area contributed by atoms with Gasteiger partial charge < -0.3 is 4.90 Å². The maximum absolute atomic E-state index is 11.1. The normalized spacial score (nSPS) is 10.0. The number of carbonyl (C=O) groups excluding carboxylic acids is 1. The van der Waals surface area contributed by atoms with Gasteiger partial charge in [0.1, 0.15) is 0 Å². The molecule has 3 heteroatoms. The van der Waals surface area contributed by atoms with E-state index in [9.17, 15) is 4.79 Å². The summed E-state index contributed by atoms with van der Waals surface area (Å²) in [5.41, 5.74) is 3.14. The summed E-state index contributed by atoms with van der Waals surface area (Å²) in [6.07, 6.45) is 0. The predicted molar refractivity (Wildman–Crippen MR) is 74.7 cm³/mol. The summed E-state index contributed by atoms with van der Waals surface area (Å²) < 4.78 is 0. The van der Waals surface area contributed by atoms with Gasteiger partial charge in [0.15, 0.2) is 0 Å². The fourth-order valence-electron chi connectivity index (χ4n) is 1.62. The van der Waals surface area contributed by atoms with Crippen molar-refractivity contribution in [3.63, 3.8) is 0 Å². The second kappa shape index (κ2) is 5.06. The molecular weight excluding hydrogens is 230 g/mol. The van der Waals surface area contributed by atoms with Gasteiger partial charge in [-0.05, 0) is 23.3 Å². The smallest absolute Gasteiger partial charge is 0.282 e. The van der Waals surface area contributed by atoms with Crippen LogP contribution in [0.25, 0.3) is 11.1 Å². The van der Waals surface area contributed by atoms with E-state index in [1.807, 2.05) is 42.5 Å². The Kier molecular flexibility index (Phi) is 3.49. The molecule has 0 heterocycles. The first-order chi connectivity index (χ1) is 8.18. The Labute approximate surface area is 106 Å². The van der Waals surface area contributed by atoms with Crippen LogP contribution in [-0.4, -0.2) is 12.3 Å². The average Bonchev–Trinajstić information content (AvgIpc) is 2.39. The average molecular weight is 243 g/mol. The molecule has 0 saturated carbocycles. The van der Waals surface area contributed by atoms with Crippen LogP contribution in [0.5, 0.6) is 0 Å². The van der Waals surface area contributed by atoms with Gasteiger partial charge in [0, 0.05) is 12.7 Å². The second-order valence-electron chi connectivity index (χ2n) is 3.75. The fourth-order valence-corrected chi connectivity index (χ4v) is 1.73. The molecule has 0 radical (unpaired) electrons. The van der Waals surface area contributed by atoms with E-state index in [1.165, 1.54) is 10.5 Å². The first-order valence-corrected chi connectivity index (χ1v) is 5.75. The molecule has 0 aliphatic carbocycles. The zero-order chi connectivity index (χ0) is 12.3. The Balaban J connectivity index is 2.28. The highest BCUT2D eigenvalue weighted by atomic mass is 32.1. The van der Waals surface area contributed by atoms with Gasteiger partial charge in [0.2, 0.25) is 0 Å². The van der Waals surface area contributed by atoms with Crippen molar-refractivity contribution in [3.8, 4) is 11.1 Å². The minimum Gasteiger partial charge on any atom is -0.307 e. The molecule has 2 nitrogen and oxygen atoms in total. The molecular formula is C14H13NOS. The van der Waals surface area contributed by atoms with Crippen LogP contribution in [0.1, 0.15) is 0 Å². The van der Waals surface area contributed by atoms with Crippen molar-refractivity contribution in [3.05, 3.63) is 54.6 Å². The summed E-state index contributed by atoms with van der Waals surface area (Å²) in [4.78, 5) is 12.6. The summed E-state index contributed by atoms with van der Waals surface area (Å²) in [5, 5.41) is -0.266. The van der Waals surface area contributed by atoms with Crippen LogP contribution >= 0.6 is 12.6 Å². The standard InChI is InChI=1S/C14H13NOS/c1-15(14(16)17)13-9-7-12(8-10-13)11-5-3-2-4-6-11/h2-10H,1H3,(H,16,17). The number of anilines is 1. The summed E-state index contributed by atoms with van der Waals surface area (Å²) in [7, 11) is 1.70. The lowest BCUT2D eigenvalue weighted by Crippen LogP contribution is -2.19. The molecule has 0 bridgehead atoms. The SMILES string of the molecule is CN(C(=O)S)c1ccc(-c2ccccc2)cc1. The monoisotopic (exact) mass is 243 g/mol. The Bertz CT molecular complexity index is 508. The van der Waals surface area contributed by atoms with Crippen LogP contribution in [0.2, 0.25) is 0 Å². The molecule has 0 aliphatic rings. The highest BCUT2D eigenvalue weighted by Crippen LogP contribution is 2.22. The Morgan fingerprint density at radius 2 is 1.47 bits per heavy atom. The van der Waals surface area contributed by atoms with Gasteiger partial charge in [0.25, 0.3) is 5.24 Å². The van der Waals surface area contributed by atoms with Gasteiger partial charge in [0.05, 0.1) is 0 Å². The third-order valence-electron chi connectivity index (χ3n) is 2.65. The van der Waals surface area contributed by atoms with E-state index in [-0.39, 0.29) is 5.24 Å². The van der Waals surface area contributed by atoms with E-state index >= 15 is 0 Å². The van der Waals surface area contributed by atoms with Crippen LogP contribution in [0.4, 0.5) is 10.5 Å². The molecule has 86 valence electrons. The molecule has 0 unspecified atom stereocenters. The number of nitrogens with zero attached hydrogens (tertiary/aromatic N) is 1. The van der Waals surface area contributed by atoms with Gasteiger partial charge >= 0.3 is 0 Å². The maximum atomic E-state index is 11.1. The molecule has 0 N–H and O–H groups in total. The number of carbonyl (C=O) groups is 1. The van der Waals surface area contributed by atoms with Crippen molar-refractivity contribution < 1.29 is 4.79 Å². The summed E-state index contributed by atoms with van der Waals surface area (Å²) >= 11 is 3.79. The Hall–Kier alpha value is -1.74. The molecule has 2 rings (SSSR count). The van der Waals surface area contributed by atoms with Gasteiger partial charge in [-0.3, -0.25) is 4.79 Å². The third-order valence-corrected chi connectivity index (χ3v) is 2.95. The van der Waals surface area contributed by atoms with Crippen LogP contribution < -0.4 is 4.90 Å². The lowest BCUT2D eigenvalue weighted by atomic mass is 10.1. The maximum Gasteiger partial charge on any atom is 0.282 e. The zero-order valence-electron chi connectivity index (χ0n) is 9.50. The molecule has 0 aliphatic heterocycles. The molecule has 1 amide bonds.